The van der Waals surface area contributed by atoms with Gasteiger partial charge < -0.3 is 44.9 Å². The third kappa shape index (κ3) is 26.0. The number of nitrogens with zero attached hydrogens (tertiary/aromatic N) is 5. The number of aliphatic imine (C=N–C) groups is 1. The van der Waals surface area contributed by atoms with Crippen molar-refractivity contribution in [1.29, 1.82) is 5.26 Å². The van der Waals surface area contributed by atoms with Crippen LogP contribution in [0.25, 0.3) is 0 Å². The van der Waals surface area contributed by atoms with Gasteiger partial charge in [0, 0.05) is 0 Å². The van der Waals surface area contributed by atoms with Crippen LogP contribution in [-0.2, 0) is 4.79 Å². The molecule has 14 nitrogen and oxygen atoms in total. The molecule has 1 aromatic heterocycles. The molecule has 14 N–H and O–H groups in total. The zero-order valence-electron chi connectivity index (χ0n) is 10.8. The maximum atomic E-state index is 9.00. The number of nitriles is 1. The summed E-state index contributed by atoms with van der Waals surface area (Å²) in [5.74, 6) is -0.0718. The van der Waals surface area contributed by atoms with Crippen molar-refractivity contribution in [1.82, 2.24) is 15.0 Å². The lowest BCUT2D eigenvalue weighted by molar-refractivity contribution is -0.0979. The fourth-order valence-corrected chi connectivity index (χ4v) is 0.485. The minimum absolute atomic E-state index is 0.0417. The molecule has 0 fully saturated rings. The van der Waals surface area contributed by atoms with Crippen molar-refractivity contribution < 1.29 is 9.59 Å². The van der Waals surface area contributed by atoms with Gasteiger partial charge in [-0.3, -0.25) is 0 Å². The lowest BCUT2D eigenvalue weighted by Gasteiger charge is -1.93. The maximum absolute atomic E-state index is 9.00. The molecule has 0 aromatic carbocycles. The van der Waals surface area contributed by atoms with E-state index >= 15 is 0 Å². The van der Waals surface area contributed by atoms with Crippen LogP contribution in [0.5, 0.6) is 0 Å². The van der Waals surface area contributed by atoms with Crippen LogP contribution in [0, 0.1) is 11.5 Å². The maximum Gasteiger partial charge on any atom is 0.309 e. The van der Waals surface area contributed by atoms with Gasteiger partial charge in [0.05, 0.1) is 0 Å². The molecular formula is C7H16N12O2. The smallest absolute Gasteiger partial charge is 0.309 e. The monoisotopic (exact) mass is 300 g/mol. The first kappa shape index (κ1) is 22.3. The molecule has 0 bridgehead atoms. The quantitative estimate of drug-likeness (QED) is 0.138. The molecule has 0 saturated carbocycles. The van der Waals surface area contributed by atoms with Crippen LogP contribution >= 0.6 is 0 Å². The van der Waals surface area contributed by atoms with Crippen molar-refractivity contribution in [3.8, 4) is 6.19 Å². The predicted octanol–water partition coefficient (Wildman–Crippen LogP) is -3.80. The van der Waals surface area contributed by atoms with Crippen molar-refractivity contribution >= 4 is 36.6 Å². The number of rotatable bonds is 0. The van der Waals surface area contributed by atoms with Gasteiger partial charge >= 0.3 is 6.03 Å². The van der Waals surface area contributed by atoms with Gasteiger partial charge in [-0.05, 0) is 0 Å². The van der Waals surface area contributed by atoms with Gasteiger partial charge in [0.2, 0.25) is 30.0 Å². The molecule has 0 aliphatic heterocycles. The molecule has 0 unspecified atom stereocenters. The van der Waals surface area contributed by atoms with E-state index in [1.807, 2.05) is 6.79 Å². The van der Waals surface area contributed by atoms with Crippen LogP contribution in [0.4, 0.5) is 22.6 Å². The normalized spacial score (nSPS) is 7.00. The number of nitrogens with two attached hydrogens (primary N) is 7. The van der Waals surface area contributed by atoms with Crippen molar-refractivity contribution in [3.05, 3.63) is 0 Å². The summed E-state index contributed by atoms with van der Waals surface area (Å²) in [6.07, 6.45) is 1.41. The minimum Gasteiger partial charge on any atom is -0.369 e. The van der Waals surface area contributed by atoms with E-state index in [0.717, 1.165) is 0 Å². The van der Waals surface area contributed by atoms with Gasteiger partial charge in [0.25, 0.3) is 0 Å². The largest absolute Gasteiger partial charge is 0.369 e. The molecule has 1 aromatic rings. The summed E-state index contributed by atoms with van der Waals surface area (Å²) in [4.78, 5) is 30.4. The molecule has 0 aliphatic carbocycles. The summed E-state index contributed by atoms with van der Waals surface area (Å²) >= 11 is 0. The third-order valence-corrected chi connectivity index (χ3v) is 0.866. The van der Waals surface area contributed by atoms with Crippen molar-refractivity contribution in [2.24, 2.45) is 27.9 Å². The summed E-state index contributed by atoms with van der Waals surface area (Å²) in [5, 5.41) is 7.64. The van der Waals surface area contributed by atoms with Crippen LogP contribution in [-0.4, -0.2) is 33.7 Å². The second-order valence-electron chi connectivity index (χ2n) is 2.45. The number of amides is 2. The molecule has 1 rings (SSSR count). The second kappa shape index (κ2) is 14.2. The molecule has 14 heteroatoms. The second-order valence-corrected chi connectivity index (χ2v) is 2.45. The average Bonchev–Trinajstić information content (AvgIpc) is 2.29. The van der Waals surface area contributed by atoms with E-state index in [2.05, 4.69) is 31.4 Å². The molecular weight excluding hydrogens is 284 g/mol. The third-order valence-electron chi connectivity index (χ3n) is 0.866. The van der Waals surface area contributed by atoms with E-state index in [0.29, 0.717) is 0 Å². The van der Waals surface area contributed by atoms with Crippen LogP contribution in [0.3, 0.4) is 0 Å². The Morgan fingerprint density at radius 1 is 0.952 bits per heavy atom. The number of carbonyl (C=O) groups excluding carboxylic acids is 2. The highest BCUT2D eigenvalue weighted by atomic mass is 16.2. The SMILES string of the molecule is C=O.N#CN=C(N)N.NC(N)=O.Nc1nc(N)nc(N)n1. The van der Waals surface area contributed by atoms with Gasteiger partial charge in [0.15, 0.2) is 0 Å². The molecule has 0 saturated heterocycles. The van der Waals surface area contributed by atoms with Crippen LogP contribution < -0.4 is 40.1 Å². The van der Waals surface area contributed by atoms with Crippen LogP contribution in [0.15, 0.2) is 4.99 Å². The first-order valence-electron chi connectivity index (χ1n) is 4.53. The molecule has 1 heterocycles. The zero-order valence-corrected chi connectivity index (χ0v) is 10.8. The number of guanidine groups is 1. The average molecular weight is 300 g/mol. The lowest BCUT2D eigenvalue weighted by Crippen LogP contribution is -2.21. The number of carbonyl (C=O) groups is 2. The predicted molar refractivity (Wildman–Crippen MR) is 75.4 cm³/mol. The summed E-state index contributed by atoms with van der Waals surface area (Å²) in [6, 6.07) is -0.833. The van der Waals surface area contributed by atoms with E-state index in [4.69, 9.17) is 43.5 Å². The fourth-order valence-electron chi connectivity index (χ4n) is 0.485. The van der Waals surface area contributed by atoms with Gasteiger partial charge in [-0.15, -0.1) is 4.99 Å². The van der Waals surface area contributed by atoms with Crippen LogP contribution in [0.2, 0.25) is 0 Å². The Labute approximate surface area is 119 Å². The number of nitrogen functional groups attached to an aromatic ring is 3. The first-order chi connectivity index (χ1) is 9.68. The molecule has 0 spiro atoms. The zero-order chi connectivity index (χ0) is 17.4. The van der Waals surface area contributed by atoms with Crippen molar-refractivity contribution in [3.63, 3.8) is 0 Å². The van der Waals surface area contributed by atoms with Crippen molar-refractivity contribution in [2.75, 3.05) is 17.2 Å². The molecule has 116 valence electrons. The number of urea groups is 1. The Bertz CT molecular complexity index is 436. The molecule has 21 heavy (non-hydrogen) atoms. The van der Waals surface area contributed by atoms with E-state index in [-0.39, 0.29) is 23.8 Å². The summed E-state index contributed by atoms with van der Waals surface area (Å²) in [6.45, 7) is 2.00. The fraction of sp³-hybridized carbons (Fsp3) is 0. The number of aromatic nitrogens is 3. The topological polar surface area (TPSA) is 291 Å². The number of anilines is 3. The highest BCUT2D eigenvalue weighted by Crippen LogP contribution is 1.97. The Morgan fingerprint density at radius 2 is 1.19 bits per heavy atom. The Morgan fingerprint density at radius 3 is 1.29 bits per heavy atom. The minimum atomic E-state index is -0.833. The molecule has 0 radical (unpaired) electrons. The summed E-state index contributed by atoms with van der Waals surface area (Å²) in [5.41, 5.74) is 33.3. The number of primary amides is 2. The van der Waals surface area contributed by atoms with E-state index in [1.54, 1.807) is 0 Å². The number of hydrogen-bond donors (Lipinski definition) is 7. The van der Waals surface area contributed by atoms with E-state index < -0.39 is 6.03 Å². The van der Waals surface area contributed by atoms with E-state index in [1.165, 1.54) is 6.19 Å². The van der Waals surface area contributed by atoms with Crippen LogP contribution in [0.1, 0.15) is 0 Å². The standard InChI is InChI=1S/C3H6N6.C2H4N4.CH4N2O.CH2O/c4-1-7-2(5)9-3(6)8-1;3-1-6-2(4)5;2-1(3)4;1-2/h(H6,4,5,6,7,8,9);(H4,4,5,6);(H4,2,3,4);1H2. The lowest BCUT2D eigenvalue weighted by atomic mass is 10.9. The Hall–Kier alpha value is -3.89. The summed E-state index contributed by atoms with van der Waals surface area (Å²) < 4.78 is 0. The molecule has 0 aliphatic rings. The van der Waals surface area contributed by atoms with Gasteiger partial charge in [-0.1, -0.05) is 0 Å². The van der Waals surface area contributed by atoms with Gasteiger partial charge in [-0.2, -0.15) is 20.2 Å². The van der Waals surface area contributed by atoms with Crippen molar-refractivity contribution in [2.45, 2.75) is 0 Å². The van der Waals surface area contributed by atoms with Gasteiger partial charge in [-0.25, -0.2) is 4.79 Å². The molecule has 2 amide bonds. The summed E-state index contributed by atoms with van der Waals surface area (Å²) in [7, 11) is 0. The highest BCUT2D eigenvalue weighted by Gasteiger charge is 1.93. The Kier molecular flexibility index (Phi) is 15.1. The van der Waals surface area contributed by atoms with E-state index in [9.17, 15) is 0 Å². The Balaban J connectivity index is -0.000000236. The van der Waals surface area contributed by atoms with Gasteiger partial charge in [0.1, 0.15) is 6.79 Å². The molecule has 0 atom stereocenters. The first-order valence-corrected chi connectivity index (χ1v) is 4.53. The number of hydrogen-bond acceptors (Lipinski definition) is 10. The highest BCUT2D eigenvalue weighted by molar-refractivity contribution is 5.76.